The van der Waals surface area contributed by atoms with Gasteiger partial charge in [-0.3, -0.25) is 4.98 Å². The van der Waals surface area contributed by atoms with Crippen LogP contribution in [0.5, 0.6) is 0 Å². The molecule has 0 saturated carbocycles. The van der Waals surface area contributed by atoms with Crippen LogP contribution in [0.1, 0.15) is 11.1 Å². The second-order valence-corrected chi connectivity index (χ2v) is 6.39. The number of halogens is 1. The smallest absolute Gasteiger partial charge is 0.0786 e. The quantitative estimate of drug-likeness (QED) is 0.301. The molecule has 0 aliphatic rings. The number of rotatable bonds is 2. The SMILES string of the molecule is Brc1ccc(/C=C/c2cccc3ccc4cccnc4c23)cc1. The maximum absolute atomic E-state index is 4.60. The van der Waals surface area contributed by atoms with E-state index in [0.29, 0.717) is 0 Å². The van der Waals surface area contributed by atoms with E-state index >= 15 is 0 Å². The predicted octanol–water partition coefficient (Wildman–Crippen LogP) is 6.32. The molecule has 0 fully saturated rings. The molecule has 4 rings (SSSR count). The summed E-state index contributed by atoms with van der Waals surface area (Å²) in [5, 5.41) is 3.60. The summed E-state index contributed by atoms with van der Waals surface area (Å²) in [6.45, 7) is 0. The Balaban J connectivity index is 1.89. The van der Waals surface area contributed by atoms with Crippen LogP contribution < -0.4 is 0 Å². The summed E-state index contributed by atoms with van der Waals surface area (Å²) >= 11 is 3.47. The van der Waals surface area contributed by atoms with Gasteiger partial charge in [-0.1, -0.05) is 76.6 Å². The van der Waals surface area contributed by atoms with Crippen LogP contribution in [0.4, 0.5) is 0 Å². The van der Waals surface area contributed by atoms with Crippen molar-refractivity contribution >= 4 is 49.8 Å². The molecular formula is C21H14BrN. The van der Waals surface area contributed by atoms with Crippen molar-refractivity contribution < 1.29 is 0 Å². The Kier molecular flexibility index (Phi) is 3.68. The van der Waals surface area contributed by atoms with Crippen LogP contribution in [-0.2, 0) is 0 Å². The van der Waals surface area contributed by atoms with Gasteiger partial charge in [0.05, 0.1) is 5.52 Å². The molecule has 1 aromatic heterocycles. The zero-order valence-electron chi connectivity index (χ0n) is 12.4. The summed E-state index contributed by atoms with van der Waals surface area (Å²) in [5.41, 5.74) is 3.43. The van der Waals surface area contributed by atoms with Crippen molar-refractivity contribution in [2.45, 2.75) is 0 Å². The molecule has 2 heteroatoms. The molecule has 0 amide bonds. The van der Waals surface area contributed by atoms with Gasteiger partial charge < -0.3 is 0 Å². The summed E-state index contributed by atoms with van der Waals surface area (Å²) in [5.74, 6) is 0. The van der Waals surface area contributed by atoms with Crippen LogP contribution in [0.15, 0.2) is 77.4 Å². The minimum absolute atomic E-state index is 1.06. The Morgan fingerprint density at radius 1 is 0.739 bits per heavy atom. The highest BCUT2D eigenvalue weighted by molar-refractivity contribution is 9.10. The first-order valence-electron chi connectivity index (χ1n) is 7.51. The molecule has 1 heterocycles. The fraction of sp³-hybridized carbons (Fsp3) is 0. The van der Waals surface area contributed by atoms with E-state index in [1.165, 1.54) is 27.3 Å². The molecule has 110 valence electrons. The maximum atomic E-state index is 4.60. The molecule has 0 saturated heterocycles. The van der Waals surface area contributed by atoms with Gasteiger partial charge >= 0.3 is 0 Å². The average molecular weight is 360 g/mol. The van der Waals surface area contributed by atoms with Crippen LogP contribution in [0.3, 0.4) is 0 Å². The molecule has 0 bridgehead atoms. The lowest BCUT2D eigenvalue weighted by Gasteiger charge is -2.06. The molecule has 1 nitrogen and oxygen atoms in total. The Hall–Kier alpha value is -2.45. The van der Waals surface area contributed by atoms with Crippen molar-refractivity contribution in [3.8, 4) is 0 Å². The van der Waals surface area contributed by atoms with Gasteiger partial charge in [0, 0.05) is 21.4 Å². The topological polar surface area (TPSA) is 12.9 Å². The molecule has 0 atom stereocenters. The Labute approximate surface area is 143 Å². The second kappa shape index (κ2) is 5.98. The van der Waals surface area contributed by atoms with E-state index in [0.717, 1.165) is 9.99 Å². The number of fused-ring (bicyclic) bond motifs is 3. The monoisotopic (exact) mass is 359 g/mol. The third-order valence-electron chi connectivity index (χ3n) is 3.97. The molecule has 0 aliphatic carbocycles. The van der Waals surface area contributed by atoms with E-state index in [1.54, 1.807) is 0 Å². The first-order valence-corrected chi connectivity index (χ1v) is 8.31. The molecule has 0 radical (unpaired) electrons. The van der Waals surface area contributed by atoms with E-state index in [9.17, 15) is 0 Å². The van der Waals surface area contributed by atoms with Gasteiger partial charge in [-0.25, -0.2) is 0 Å². The number of hydrogen-bond donors (Lipinski definition) is 0. The minimum atomic E-state index is 1.06. The van der Waals surface area contributed by atoms with Crippen LogP contribution in [-0.4, -0.2) is 4.98 Å². The van der Waals surface area contributed by atoms with Crippen molar-refractivity contribution in [3.05, 3.63) is 88.5 Å². The Morgan fingerprint density at radius 2 is 1.52 bits per heavy atom. The standard InChI is InChI=1S/C21H14BrN/c22-19-12-7-15(8-13-19)6-9-16-3-1-4-17-10-11-18-5-2-14-23-21(18)20(16)17/h1-14H/b9-6+. The van der Waals surface area contributed by atoms with Crippen molar-refractivity contribution in [2.24, 2.45) is 0 Å². The first kappa shape index (κ1) is 14.2. The van der Waals surface area contributed by atoms with E-state index in [1.807, 2.05) is 12.3 Å². The lowest BCUT2D eigenvalue weighted by molar-refractivity contribution is 1.43. The maximum Gasteiger partial charge on any atom is 0.0786 e. The minimum Gasteiger partial charge on any atom is -0.256 e. The van der Waals surface area contributed by atoms with E-state index < -0.39 is 0 Å². The van der Waals surface area contributed by atoms with E-state index in [2.05, 4.69) is 93.7 Å². The van der Waals surface area contributed by atoms with E-state index in [4.69, 9.17) is 0 Å². The summed E-state index contributed by atoms with van der Waals surface area (Å²) in [6.07, 6.45) is 6.17. The Bertz CT molecular complexity index is 1020. The van der Waals surface area contributed by atoms with Crippen molar-refractivity contribution in [1.29, 1.82) is 0 Å². The first-order chi connectivity index (χ1) is 11.3. The Morgan fingerprint density at radius 3 is 2.39 bits per heavy atom. The van der Waals surface area contributed by atoms with Crippen LogP contribution in [0.25, 0.3) is 33.8 Å². The molecular weight excluding hydrogens is 346 g/mol. The van der Waals surface area contributed by atoms with Gasteiger partial charge in [-0.05, 0) is 34.7 Å². The highest BCUT2D eigenvalue weighted by atomic mass is 79.9. The third kappa shape index (κ3) is 2.78. The molecule has 0 spiro atoms. The molecule has 23 heavy (non-hydrogen) atoms. The van der Waals surface area contributed by atoms with Crippen molar-refractivity contribution in [1.82, 2.24) is 4.98 Å². The number of aromatic nitrogens is 1. The largest absolute Gasteiger partial charge is 0.256 e. The summed E-state index contributed by atoms with van der Waals surface area (Å²) in [7, 11) is 0. The van der Waals surface area contributed by atoms with Crippen LogP contribution in [0.2, 0.25) is 0 Å². The molecule has 3 aromatic carbocycles. The highest BCUT2D eigenvalue weighted by Gasteiger charge is 2.04. The van der Waals surface area contributed by atoms with Gasteiger partial charge in [-0.15, -0.1) is 0 Å². The van der Waals surface area contributed by atoms with Gasteiger partial charge in [0.1, 0.15) is 0 Å². The summed E-state index contributed by atoms with van der Waals surface area (Å²) in [6, 6.07) is 23.1. The predicted molar refractivity (Wildman–Crippen MR) is 102 cm³/mol. The van der Waals surface area contributed by atoms with Gasteiger partial charge in [-0.2, -0.15) is 0 Å². The number of pyridine rings is 1. The third-order valence-corrected chi connectivity index (χ3v) is 4.50. The molecule has 0 N–H and O–H groups in total. The fourth-order valence-corrected chi connectivity index (χ4v) is 3.10. The molecule has 4 aromatic rings. The van der Waals surface area contributed by atoms with Crippen molar-refractivity contribution in [2.75, 3.05) is 0 Å². The van der Waals surface area contributed by atoms with Gasteiger partial charge in [0.25, 0.3) is 0 Å². The number of benzene rings is 3. The molecule has 0 unspecified atom stereocenters. The zero-order valence-corrected chi connectivity index (χ0v) is 14.0. The van der Waals surface area contributed by atoms with Crippen LogP contribution >= 0.6 is 15.9 Å². The highest BCUT2D eigenvalue weighted by Crippen LogP contribution is 2.28. The van der Waals surface area contributed by atoms with Gasteiger partial charge in [0.2, 0.25) is 0 Å². The fourth-order valence-electron chi connectivity index (χ4n) is 2.84. The number of hydrogen-bond acceptors (Lipinski definition) is 1. The van der Waals surface area contributed by atoms with Crippen molar-refractivity contribution in [3.63, 3.8) is 0 Å². The summed E-state index contributed by atoms with van der Waals surface area (Å²) < 4.78 is 1.09. The zero-order chi connectivity index (χ0) is 15.6. The second-order valence-electron chi connectivity index (χ2n) is 5.47. The average Bonchev–Trinajstić information content (AvgIpc) is 2.61. The normalized spacial score (nSPS) is 11.5. The number of nitrogens with zero attached hydrogens (tertiary/aromatic N) is 1. The van der Waals surface area contributed by atoms with Crippen LogP contribution in [0, 0.1) is 0 Å². The van der Waals surface area contributed by atoms with E-state index in [-0.39, 0.29) is 0 Å². The lowest BCUT2D eigenvalue weighted by atomic mass is 10.00. The lowest BCUT2D eigenvalue weighted by Crippen LogP contribution is -1.84. The summed E-state index contributed by atoms with van der Waals surface area (Å²) in [4.78, 5) is 4.60. The molecule has 0 aliphatic heterocycles. The van der Waals surface area contributed by atoms with Gasteiger partial charge in [0.15, 0.2) is 0 Å².